The lowest BCUT2D eigenvalue weighted by Crippen LogP contribution is -2.33. The molecule has 0 saturated carbocycles. The SMILES string of the molecule is CC(C)COCCNS(=O)(=O)C(C)C. The highest BCUT2D eigenvalue weighted by molar-refractivity contribution is 7.90. The molecule has 0 atom stereocenters. The van der Waals surface area contributed by atoms with Gasteiger partial charge in [-0.25, -0.2) is 13.1 Å². The molecule has 0 radical (unpaired) electrons. The first-order chi connectivity index (χ1) is 6.36. The molecule has 1 N–H and O–H groups in total. The van der Waals surface area contributed by atoms with Gasteiger partial charge in [-0.1, -0.05) is 13.8 Å². The van der Waals surface area contributed by atoms with Crippen molar-refractivity contribution in [2.24, 2.45) is 5.92 Å². The molecule has 0 fully saturated rings. The predicted octanol–water partition coefficient (Wildman–Crippen LogP) is 0.987. The third-order valence-electron chi connectivity index (χ3n) is 1.62. The van der Waals surface area contributed by atoms with E-state index in [0.29, 0.717) is 25.7 Å². The molecule has 0 bridgehead atoms. The quantitative estimate of drug-likeness (QED) is 0.655. The molecule has 0 aromatic rings. The summed E-state index contributed by atoms with van der Waals surface area (Å²) in [4.78, 5) is 0. The third-order valence-corrected chi connectivity index (χ3v) is 3.47. The fourth-order valence-electron chi connectivity index (χ4n) is 0.742. The number of ether oxygens (including phenoxy) is 1. The van der Waals surface area contributed by atoms with E-state index in [1.165, 1.54) is 0 Å². The fourth-order valence-corrected chi connectivity index (χ4v) is 1.44. The summed E-state index contributed by atoms with van der Waals surface area (Å²) in [6.07, 6.45) is 0. The van der Waals surface area contributed by atoms with Gasteiger partial charge >= 0.3 is 0 Å². The zero-order valence-corrected chi connectivity index (χ0v) is 10.2. The van der Waals surface area contributed by atoms with E-state index in [1.807, 2.05) is 0 Å². The van der Waals surface area contributed by atoms with Crippen molar-refractivity contribution in [1.82, 2.24) is 4.72 Å². The summed E-state index contributed by atoms with van der Waals surface area (Å²) >= 11 is 0. The Hall–Kier alpha value is -0.130. The van der Waals surface area contributed by atoms with Crippen LogP contribution in [0.5, 0.6) is 0 Å². The van der Waals surface area contributed by atoms with E-state index < -0.39 is 10.0 Å². The normalized spacial score (nSPS) is 12.7. The van der Waals surface area contributed by atoms with E-state index in [4.69, 9.17) is 4.74 Å². The first-order valence-corrected chi connectivity index (χ1v) is 6.47. The van der Waals surface area contributed by atoms with Gasteiger partial charge in [0, 0.05) is 13.2 Å². The monoisotopic (exact) mass is 223 g/mol. The molecule has 0 aromatic heterocycles. The molecule has 0 heterocycles. The largest absolute Gasteiger partial charge is 0.380 e. The van der Waals surface area contributed by atoms with Crippen LogP contribution in [0.2, 0.25) is 0 Å². The predicted molar refractivity (Wildman–Crippen MR) is 57.7 cm³/mol. The van der Waals surface area contributed by atoms with Crippen molar-refractivity contribution < 1.29 is 13.2 Å². The van der Waals surface area contributed by atoms with Gasteiger partial charge in [-0.15, -0.1) is 0 Å². The first kappa shape index (κ1) is 13.9. The second-order valence-electron chi connectivity index (χ2n) is 3.96. The van der Waals surface area contributed by atoms with E-state index in [2.05, 4.69) is 18.6 Å². The van der Waals surface area contributed by atoms with Crippen LogP contribution in [0.1, 0.15) is 27.7 Å². The van der Waals surface area contributed by atoms with Crippen molar-refractivity contribution in [1.29, 1.82) is 0 Å². The highest BCUT2D eigenvalue weighted by Gasteiger charge is 2.13. The van der Waals surface area contributed by atoms with Crippen LogP contribution in [0.15, 0.2) is 0 Å². The summed E-state index contributed by atoms with van der Waals surface area (Å²) in [6, 6.07) is 0. The van der Waals surface area contributed by atoms with Crippen molar-refractivity contribution in [3.63, 3.8) is 0 Å². The molecule has 0 unspecified atom stereocenters. The van der Waals surface area contributed by atoms with Gasteiger partial charge < -0.3 is 4.74 Å². The van der Waals surface area contributed by atoms with E-state index in [9.17, 15) is 8.42 Å². The Morgan fingerprint density at radius 3 is 2.21 bits per heavy atom. The maximum atomic E-state index is 11.3. The minimum atomic E-state index is -3.13. The lowest BCUT2D eigenvalue weighted by molar-refractivity contribution is 0.114. The van der Waals surface area contributed by atoms with Crippen molar-refractivity contribution in [2.75, 3.05) is 19.8 Å². The molecule has 0 spiro atoms. The zero-order chi connectivity index (χ0) is 11.2. The molecular weight excluding hydrogens is 202 g/mol. The molecule has 5 heteroatoms. The lowest BCUT2D eigenvalue weighted by atomic mass is 10.2. The summed E-state index contributed by atoms with van der Waals surface area (Å²) in [6.45, 7) is 8.87. The molecule has 0 aliphatic heterocycles. The standard InChI is InChI=1S/C9H21NO3S/c1-8(2)7-13-6-5-10-14(11,12)9(3)4/h8-10H,5-7H2,1-4H3. The van der Waals surface area contributed by atoms with Gasteiger partial charge in [-0.3, -0.25) is 0 Å². The maximum Gasteiger partial charge on any atom is 0.214 e. The molecule has 86 valence electrons. The Morgan fingerprint density at radius 1 is 1.21 bits per heavy atom. The Morgan fingerprint density at radius 2 is 1.79 bits per heavy atom. The van der Waals surface area contributed by atoms with Crippen molar-refractivity contribution in [3.8, 4) is 0 Å². The highest BCUT2D eigenvalue weighted by atomic mass is 32.2. The number of hydrogen-bond acceptors (Lipinski definition) is 3. The fraction of sp³-hybridized carbons (Fsp3) is 1.00. The van der Waals surface area contributed by atoms with Crippen LogP contribution in [0.3, 0.4) is 0 Å². The van der Waals surface area contributed by atoms with Gasteiger partial charge in [-0.05, 0) is 19.8 Å². The minimum Gasteiger partial charge on any atom is -0.380 e. The summed E-state index contributed by atoms with van der Waals surface area (Å²) in [7, 11) is -3.13. The summed E-state index contributed by atoms with van der Waals surface area (Å²) in [5.74, 6) is 0.483. The van der Waals surface area contributed by atoms with Crippen LogP contribution in [0, 0.1) is 5.92 Å². The summed E-state index contributed by atoms with van der Waals surface area (Å²) in [5.41, 5.74) is 0. The summed E-state index contributed by atoms with van der Waals surface area (Å²) in [5, 5.41) is -0.382. The van der Waals surface area contributed by atoms with Crippen LogP contribution in [0.4, 0.5) is 0 Å². The summed E-state index contributed by atoms with van der Waals surface area (Å²) < 4.78 is 30.2. The number of rotatable bonds is 7. The Labute approximate surface area is 87.1 Å². The van der Waals surface area contributed by atoms with E-state index in [0.717, 1.165) is 0 Å². The number of hydrogen-bond donors (Lipinski definition) is 1. The average molecular weight is 223 g/mol. The molecule has 4 nitrogen and oxygen atoms in total. The molecule has 0 aromatic carbocycles. The van der Waals surface area contributed by atoms with Gasteiger partial charge in [0.25, 0.3) is 0 Å². The number of nitrogens with one attached hydrogen (secondary N) is 1. The van der Waals surface area contributed by atoms with E-state index >= 15 is 0 Å². The second-order valence-corrected chi connectivity index (χ2v) is 6.28. The second kappa shape index (κ2) is 6.37. The van der Waals surface area contributed by atoms with Crippen LogP contribution < -0.4 is 4.72 Å². The van der Waals surface area contributed by atoms with Crippen LogP contribution in [-0.2, 0) is 14.8 Å². The topological polar surface area (TPSA) is 55.4 Å². The van der Waals surface area contributed by atoms with Crippen molar-refractivity contribution in [3.05, 3.63) is 0 Å². The Bertz CT molecular complexity index is 234. The first-order valence-electron chi connectivity index (χ1n) is 4.92. The van der Waals surface area contributed by atoms with Crippen molar-refractivity contribution >= 4 is 10.0 Å². The van der Waals surface area contributed by atoms with Crippen LogP contribution in [0.25, 0.3) is 0 Å². The van der Waals surface area contributed by atoms with Gasteiger partial charge in [0.1, 0.15) is 0 Å². The van der Waals surface area contributed by atoms with Gasteiger partial charge in [-0.2, -0.15) is 0 Å². The van der Waals surface area contributed by atoms with Crippen LogP contribution >= 0.6 is 0 Å². The van der Waals surface area contributed by atoms with Crippen molar-refractivity contribution in [2.45, 2.75) is 32.9 Å². The Balaban J connectivity index is 3.55. The molecule has 0 amide bonds. The Kier molecular flexibility index (Phi) is 6.31. The molecule has 0 rings (SSSR count). The van der Waals surface area contributed by atoms with E-state index in [-0.39, 0.29) is 5.25 Å². The third kappa shape index (κ3) is 6.34. The van der Waals surface area contributed by atoms with Gasteiger partial charge in [0.15, 0.2) is 0 Å². The maximum absolute atomic E-state index is 11.3. The van der Waals surface area contributed by atoms with Gasteiger partial charge in [0.05, 0.1) is 11.9 Å². The average Bonchev–Trinajstić information content (AvgIpc) is 2.02. The minimum absolute atomic E-state index is 0.354. The molecule has 0 aliphatic rings. The zero-order valence-electron chi connectivity index (χ0n) is 9.41. The highest BCUT2D eigenvalue weighted by Crippen LogP contribution is 1.95. The van der Waals surface area contributed by atoms with Crippen LogP contribution in [-0.4, -0.2) is 33.4 Å². The molecule has 0 aliphatic carbocycles. The van der Waals surface area contributed by atoms with E-state index in [1.54, 1.807) is 13.8 Å². The smallest absolute Gasteiger partial charge is 0.214 e. The molecule has 14 heavy (non-hydrogen) atoms. The number of sulfonamides is 1. The van der Waals surface area contributed by atoms with Gasteiger partial charge in [0.2, 0.25) is 10.0 Å². The molecule has 0 saturated heterocycles. The molecular formula is C9H21NO3S. The lowest BCUT2D eigenvalue weighted by Gasteiger charge is -2.10.